The van der Waals surface area contributed by atoms with Crippen LogP contribution in [0.3, 0.4) is 0 Å². The van der Waals surface area contributed by atoms with Crippen molar-refractivity contribution in [2.45, 2.75) is 0 Å². The molecule has 0 saturated carbocycles. The molecule has 0 spiro atoms. The molecule has 0 aliphatic heterocycles. The summed E-state index contributed by atoms with van der Waals surface area (Å²) in [4.78, 5) is 12.5. The quantitative estimate of drug-likeness (QED) is 0.688. The van der Waals surface area contributed by atoms with E-state index in [2.05, 4.69) is 15.9 Å². The number of carbonyl (C=O) groups excluding carboxylic acids is 1. The van der Waals surface area contributed by atoms with Crippen LogP contribution in [0, 0.1) is 0 Å². The van der Waals surface area contributed by atoms with E-state index in [1.165, 1.54) is 14.2 Å². The molecular weight excluding hydrogens is 322 g/mol. The molecule has 0 atom stereocenters. The van der Waals surface area contributed by atoms with Crippen LogP contribution in [0.5, 0.6) is 11.5 Å². The normalized spacial score (nSPS) is 10.2. The fourth-order valence-corrected chi connectivity index (χ4v) is 2.35. The fraction of sp³-hybridized carbons (Fsp3) is 0.133. The number of nitrogens with two attached hydrogens (primary N) is 1. The molecule has 0 aliphatic carbocycles. The largest absolute Gasteiger partial charge is 0.493 e. The number of ketones is 1. The van der Waals surface area contributed by atoms with E-state index < -0.39 is 0 Å². The number of benzene rings is 2. The van der Waals surface area contributed by atoms with Gasteiger partial charge in [0, 0.05) is 27.4 Å². The molecule has 4 nitrogen and oxygen atoms in total. The molecule has 104 valence electrons. The predicted octanol–water partition coefficient (Wildman–Crippen LogP) is 3.28. The summed E-state index contributed by atoms with van der Waals surface area (Å²) < 4.78 is 11.1. The van der Waals surface area contributed by atoms with Crippen molar-refractivity contribution in [1.29, 1.82) is 0 Å². The Kier molecular flexibility index (Phi) is 4.29. The number of nitrogen functional groups attached to an aromatic ring is 1. The third kappa shape index (κ3) is 2.63. The highest BCUT2D eigenvalue weighted by Crippen LogP contribution is 2.33. The molecule has 2 aromatic rings. The van der Waals surface area contributed by atoms with Gasteiger partial charge in [-0.25, -0.2) is 0 Å². The minimum atomic E-state index is -0.170. The number of halogens is 1. The Hall–Kier alpha value is -2.01. The highest BCUT2D eigenvalue weighted by molar-refractivity contribution is 9.10. The van der Waals surface area contributed by atoms with Gasteiger partial charge in [-0.1, -0.05) is 28.1 Å². The lowest BCUT2D eigenvalue weighted by atomic mass is 10.0. The van der Waals surface area contributed by atoms with Gasteiger partial charge >= 0.3 is 0 Å². The monoisotopic (exact) mass is 335 g/mol. The maximum atomic E-state index is 12.5. The summed E-state index contributed by atoms with van der Waals surface area (Å²) >= 11 is 3.36. The van der Waals surface area contributed by atoms with Crippen LogP contribution in [-0.4, -0.2) is 20.0 Å². The number of hydrogen-bond acceptors (Lipinski definition) is 4. The summed E-state index contributed by atoms with van der Waals surface area (Å²) in [5.74, 6) is 0.793. The maximum absolute atomic E-state index is 12.5. The number of anilines is 1. The molecule has 20 heavy (non-hydrogen) atoms. The van der Waals surface area contributed by atoms with Gasteiger partial charge in [-0.05, 0) is 18.2 Å². The van der Waals surface area contributed by atoms with Crippen molar-refractivity contribution in [2.75, 3.05) is 20.0 Å². The van der Waals surface area contributed by atoms with Crippen molar-refractivity contribution < 1.29 is 14.3 Å². The van der Waals surface area contributed by atoms with Gasteiger partial charge in [0.2, 0.25) is 0 Å². The highest BCUT2D eigenvalue weighted by Gasteiger charge is 2.18. The number of methoxy groups -OCH3 is 2. The number of rotatable bonds is 4. The lowest BCUT2D eigenvalue weighted by Crippen LogP contribution is -2.07. The van der Waals surface area contributed by atoms with Crippen molar-refractivity contribution in [3.63, 3.8) is 0 Å². The van der Waals surface area contributed by atoms with E-state index in [0.29, 0.717) is 28.3 Å². The Morgan fingerprint density at radius 2 is 1.65 bits per heavy atom. The van der Waals surface area contributed by atoms with Gasteiger partial charge in [0.05, 0.1) is 14.2 Å². The first-order valence-corrected chi connectivity index (χ1v) is 6.68. The number of carbonyl (C=O) groups is 1. The first-order valence-electron chi connectivity index (χ1n) is 5.89. The number of hydrogen-bond donors (Lipinski definition) is 1. The second kappa shape index (κ2) is 5.96. The Morgan fingerprint density at radius 1 is 1.05 bits per heavy atom. The summed E-state index contributed by atoms with van der Waals surface area (Å²) in [6, 6.07) is 10.4. The maximum Gasteiger partial charge on any atom is 0.196 e. The van der Waals surface area contributed by atoms with Gasteiger partial charge < -0.3 is 15.2 Å². The van der Waals surface area contributed by atoms with E-state index in [9.17, 15) is 4.79 Å². The summed E-state index contributed by atoms with van der Waals surface area (Å²) in [7, 11) is 3.04. The molecule has 2 N–H and O–H groups in total. The SMILES string of the molecule is COc1cc(N)c(C(=O)c2ccccc2Br)cc1OC. The van der Waals surface area contributed by atoms with Crippen LogP contribution in [0.1, 0.15) is 15.9 Å². The Morgan fingerprint density at radius 3 is 2.25 bits per heavy atom. The average molecular weight is 336 g/mol. The van der Waals surface area contributed by atoms with Crippen molar-refractivity contribution >= 4 is 27.4 Å². The molecule has 5 heteroatoms. The van der Waals surface area contributed by atoms with Crippen molar-refractivity contribution in [2.24, 2.45) is 0 Å². The van der Waals surface area contributed by atoms with Gasteiger partial charge in [0.15, 0.2) is 17.3 Å². The van der Waals surface area contributed by atoms with E-state index in [0.717, 1.165) is 4.47 Å². The third-order valence-electron chi connectivity index (χ3n) is 2.92. The van der Waals surface area contributed by atoms with Crippen LogP contribution in [0.25, 0.3) is 0 Å². The average Bonchev–Trinajstić information content (AvgIpc) is 2.46. The smallest absolute Gasteiger partial charge is 0.196 e. The summed E-state index contributed by atoms with van der Waals surface area (Å²) in [5, 5.41) is 0. The topological polar surface area (TPSA) is 61.5 Å². The molecule has 0 amide bonds. The standard InChI is InChI=1S/C15H14BrNO3/c1-19-13-7-10(12(17)8-14(13)20-2)15(18)9-5-3-4-6-11(9)16/h3-8H,17H2,1-2H3. The van der Waals surface area contributed by atoms with Crippen LogP contribution >= 0.6 is 15.9 Å². The fourth-order valence-electron chi connectivity index (χ4n) is 1.88. The highest BCUT2D eigenvalue weighted by atomic mass is 79.9. The molecule has 0 aromatic heterocycles. The van der Waals surface area contributed by atoms with E-state index >= 15 is 0 Å². The summed E-state index contributed by atoms with van der Waals surface area (Å²) in [5.41, 5.74) is 7.22. The first-order chi connectivity index (χ1) is 9.58. The minimum absolute atomic E-state index is 0.170. The van der Waals surface area contributed by atoms with Crippen molar-refractivity contribution in [3.8, 4) is 11.5 Å². The molecule has 0 saturated heterocycles. The van der Waals surface area contributed by atoms with Crippen LogP contribution < -0.4 is 15.2 Å². The minimum Gasteiger partial charge on any atom is -0.493 e. The molecule has 0 radical (unpaired) electrons. The van der Waals surface area contributed by atoms with Crippen molar-refractivity contribution in [3.05, 3.63) is 52.0 Å². The van der Waals surface area contributed by atoms with E-state index in [1.807, 2.05) is 12.1 Å². The van der Waals surface area contributed by atoms with Gasteiger partial charge in [0.25, 0.3) is 0 Å². The zero-order valence-corrected chi connectivity index (χ0v) is 12.7. The molecule has 0 heterocycles. The molecule has 0 fully saturated rings. The third-order valence-corrected chi connectivity index (χ3v) is 3.61. The van der Waals surface area contributed by atoms with Crippen LogP contribution in [0.2, 0.25) is 0 Å². The van der Waals surface area contributed by atoms with Crippen LogP contribution in [-0.2, 0) is 0 Å². The Bertz CT molecular complexity index is 656. The molecular formula is C15H14BrNO3. The lowest BCUT2D eigenvalue weighted by molar-refractivity contribution is 0.103. The van der Waals surface area contributed by atoms with E-state index in [1.54, 1.807) is 24.3 Å². The summed E-state index contributed by atoms with van der Waals surface area (Å²) in [6.45, 7) is 0. The molecule has 2 rings (SSSR count). The second-order valence-corrected chi connectivity index (χ2v) is 4.96. The van der Waals surface area contributed by atoms with Gasteiger partial charge in [0.1, 0.15) is 0 Å². The first kappa shape index (κ1) is 14.4. The zero-order chi connectivity index (χ0) is 14.7. The Labute approximate surface area is 125 Å². The lowest BCUT2D eigenvalue weighted by Gasteiger charge is -2.12. The van der Waals surface area contributed by atoms with Gasteiger partial charge in [-0.2, -0.15) is 0 Å². The summed E-state index contributed by atoms with van der Waals surface area (Å²) in [6.07, 6.45) is 0. The Balaban J connectivity index is 2.53. The predicted molar refractivity (Wildman–Crippen MR) is 81.5 cm³/mol. The van der Waals surface area contributed by atoms with Crippen molar-refractivity contribution in [1.82, 2.24) is 0 Å². The van der Waals surface area contributed by atoms with Crippen LogP contribution in [0.15, 0.2) is 40.9 Å². The number of ether oxygens (including phenoxy) is 2. The molecule has 2 aromatic carbocycles. The zero-order valence-electron chi connectivity index (χ0n) is 11.1. The second-order valence-electron chi connectivity index (χ2n) is 4.10. The van der Waals surface area contributed by atoms with Gasteiger partial charge in [-0.15, -0.1) is 0 Å². The molecule has 0 bridgehead atoms. The van der Waals surface area contributed by atoms with Gasteiger partial charge in [-0.3, -0.25) is 4.79 Å². The van der Waals surface area contributed by atoms with E-state index in [4.69, 9.17) is 15.2 Å². The molecule has 0 aliphatic rings. The van der Waals surface area contributed by atoms with Crippen LogP contribution in [0.4, 0.5) is 5.69 Å². The van der Waals surface area contributed by atoms with E-state index in [-0.39, 0.29) is 5.78 Å². The molecule has 0 unspecified atom stereocenters.